The summed E-state index contributed by atoms with van der Waals surface area (Å²) in [4.78, 5) is 4.36. The second kappa shape index (κ2) is 5.72. The van der Waals surface area contributed by atoms with Crippen molar-refractivity contribution in [3.05, 3.63) is 29.7 Å². The van der Waals surface area contributed by atoms with E-state index >= 15 is 0 Å². The Balaban J connectivity index is 1.88. The Labute approximate surface area is 114 Å². The van der Waals surface area contributed by atoms with Gasteiger partial charge in [0.1, 0.15) is 5.52 Å². The molecule has 0 saturated heterocycles. The summed E-state index contributed by atoms with van der Waals surface area (Å²) >= 11 is 0. The van der Waals surface area contributed by atoms with Crippen molar-refractivity contribution in [2.24, 2.45) is 0 Å². The van der Waals surface area contributed by atoms with Gasteiger partial charge in [0.2, 0.25) is 0 Å². The molecule has 1 heterocycles. The van der Waals surface area contributed by atoms with Crippen LogP contribution >= 0.6 is 0 Å². The van der Waals surface area contributed by atoms with E-state index in [0.717, 1.165) is 36.5 Å². The van der Waals surface area contributed by atoms with E-state index in [2.05, 4.69) is 41.6 Å². The molecule has 0 radical (unpaired) electrons. The van der Waals surface area contributed by atoms with E-state index in [1.807, 2.05) is 20.0 Å². The number of benzene rings is 1. The molecule has 4 nitrogen and oxygen atoms in total. The van der Waals surface area contributed by atoms with Gasteiger partial charge in [-0.15, -0.1) is 0 Å². The molecule has 4 heteroatoms. The Kier molecular flexibility index (Phi) is 4.22. The number of hydrogen-bond acceptors (Lipinski definition) is 4. The van der Waals surface area contributed by atoms with Crippen molar-refractivity contribution in [2.75, 3.05) is 20.1 Å². The maximum absolute atomic E-state index is 5.47. The van der Waals surface area contributed by atoms with Gasteiger partial charge < -0.3 is 15.1 Å². The summed E-state index contributed by atoms with van der Waals surface area (Å²) < 4.78 is 5.47. The van der Waals surface area contributed by atoms with Gasteiger partial charge in [-0.3, -0.25) is 0 Å². The largest absolute Gasteiger partial charge is 0.441 e. The second-order valence-electron chi connectivity index (χ2n) is 5.60. The quantitative estimate of drug-likeness (QED) is 0.783. The summed E-state index contributed by atoms with van der Waals surface area (Å²) in [6.07, 6.45) is 1.00. The van der Waals surface area contributed by atoms with Crippen molar-refractivity contribution in [1.82, 2.24) is 15.6 Å². The van der Waals surface area contributed by atoms with E-state index in [1.165, 1.54) is 5.56 Å². The number of nitrogens with one attached hydrogen (secondary N) is 2. The lowest BCUT2D eigenvalue weighted by atomic mass is 10.1. The summed E-state index contributed by atoms with van der Waals surface area (Å²) in [5, 5.41) is 6.75. The summed E-state index contributed by atoms with van der Waals surface area (Å²) in [6.45, 7) is 8.16. The molecule has 0 amide bonds. The number of rotatable bonds is 6. The van der Waals surface area contributed by atoms with E-state index in [0.29, 0.717) is 0 Å². The Morgan fingerprint density at radius 1 is 1.32 bits per heavy atom. The number of aryl methyl sites for hydroxylation is 1. The van der Waals surface area contributed by atoms with Gasteiger partial charge in [0, 0.05) is 19.0 Å². The number of hydrogen-bond donors (Lipinski definition) is 2. The minimum Gasteiger partial charge on any atom is -0.441 e. The molecule has 19 heavy (non-hydrogen) atoms. The second-order valence-corrected chi connectivity index (χ2v) is 5.60. The standard InChI is InChI=1S/C15H23N3O/c1-11-18-13-9-12(5-6-14(13)19-11)7-8-17-10-15(2,3)16-4/h5-6,9,16-17H,7-8,10H2,1-4H3. The molecule has 0 fully saturated rings. The highest BCUT2D eigenvalue weighted by Crippen LogP contribution is 2.16. The highest BCUT2D eigenvalue weighted by Gasteiger charge is 2.13. The SMILES string of the molecule is CNC(C)(C)CNCCc1ccc2oc(C)nc2c1. The fraction of sp³-hybridized carbons (Fsp3) is 0.533. The maximum atomic E-state index is 5.47. The van der Waals surface area contributed by atoms with Crippen LogP contribution in [0.4, 0.5) is 0 Å². The number of oxazole rings is 1. The van der Waals surface area contributed by atoms with Crippen LogP contribution in [0.3, 0.4) is 0 Å². The van der Waals surface area contributed by atoms with Crippen LogP contribution in [0.2, 0.25) is 0 Å². The number of fused-ring (bicyclic) bond motifs is 1. The number of aromatic nitrogens is 1. The molecule has 2 aromatic rings. The average Bonchev–Trinajstić information content (AvgIpc) is 2.74. The van der Waals surface area contributed by atoms with Crippen molar-refractivity contribution in [3.63, 3.8) is 0 Å². The van der Waals surface area contributed by atoms with Crippen LogP contribution in [-0.4, -0.2) is 30.7 Å². The summed E-state index contributed by atoms with van der Waals surface area (Å²) in [6, 6.07) is 6.22. The first-order valence-electron chi connectivity index (χ1n) is 6.76. The topological polar surface area (TPSA) is 50.1 Å². The molecule has 104 valence electrons. The van der Waals surface area contributed by atoms with Gasteiger partial charge in [-0.05, 0) is 51.6 Å². The highest BCUT2D eigenvalue weighted by atomic mass is 16.3. The zero-order valence-corrected chi connectivity index (χ0v) is 12.2. The first-order chi connectivity index (χ1) is 9.00. The Morgan fingerprint density at radius 2 is 2.11 bits per heavy atom. The molecule has 0 saturated carbocycles. The highest BCUT2D eigenvalue weighted by molar-refractivity contribution is 5.73. The molecular weight excluding hydrogens is 238 g/mol. The molecule has 0 bridgehead atoms. The lowest BCUT2D eigenvalue weighted by Gasteiger charge is -2.24. The normalized spacial score (nSPS) is 12.2. The zero-order chi connectivity index (χ0) is 13.9. The average molecular weight is 261 g/mol. The summed E-state index contributed by atoms with van der Waals surface area (Å²) in [5.41, 5.74) is 3.24. The van der Waals surface area contributed by atoms with Crippen LogP contribution in [0.15, 0.2) is 22.6 Å². The molecule has 0 atom stereocenters. The minimum absolute atomic E-state index is 0.132. The molecule has 2 N–H and O–H groups in total. The smallest absolute Gasteiger partial charge is 0.192 e. The van der Waals surface area contributed by atoms with Crippen molar-refractivity contribution in [1.29, 1.82) is 0 Å². The van der Waals surface area contributed by atoms with Crippen molar-refractivity contribution in [2.45, 2.75) is 32.7 Å². The molecule has 0 aliphatic carbocycles. The Bertz CT molecular complexity index is 545. The van der Waals surface area contributed by atoms with Crippen LogP contribution in [-0.2, 0) is 6.42 Å². The summed E-state index contributed by atoms with van der Waals surface area (Å²) in [5.74, 6) is 0.723. The molecule has 0 aliphatic rings. The van der Waals surface area contributed by atoms with Crippen LogP contribution in [0.5, 0.6) is 0 Å². The van der Waals surface area contributed by atoms with Crippen LogP contribution in [0, 0.1) is 6.92 Å². The molecule has 1 aromatic carbocycles. The van der Waals surface area contributed by atoms with Crippen LogP contribution in [0.25, 0.3) is 11.1 Å². The van der Waals surface area contributed by atoms with Gasteiger partial charge >= 0.3 is 0 Å². The van der Waals surface area contributed by atoms with Gasteiger partial charge in [0.05, 0.1) is 0 Å². The third kappa shape index (κ3) is 3.78. The van der Waals surface area contributed by atoms with E-state index < -0.39 is 0 Å². The Hall–Kier alpha value is -1.39. The molecule has 1 aromatic heterocycles. The van der Waals surface area contributed by atoms with Crippen LogP contribution in [0.1, 0.15) is 25.3 Å². The molecule has 0 spiro atoms. The third-order valence-corrected chi connectivity index (χ3v) is 3.39. The predicted molar refractivity (Wildman–Crippen MR) is 78.5 cm³/mol. The predicted octanol–water partition coefficient (Wildman–Crippen LogP) is 2.27. The maximum Gasteiger partial charge on any atom is 0.192 e. The number of nitrogens with zero attached hydrogens (tertiary/aromatic N) is 1. The lowest BCUT2D eigenvalue weighted by molar-refractivity contribution is 0.395. The van der Waals surface area contributed by atoms with Crippen molar-refractivity contribution < 1.29 is 4.42 Å². The monoisotopic (exact) mass is 261 g/mol. The molecule has 0 aliphatic heterocycles. The first kappa shape index (κ1) is 14.0. The Morgan fingerprint density at radius 3 is 2.84 bits per heavy atom. The van der Waals surface area contributed by atoms with E-state index in [4.69, 9.17) is 4.42 Å². The minimum atomic E-state index is 0.132. The van der Waals surface area contributed by atoms with Crippen molar-refractivity contribution in [3.8, 4) is 0 Å². The van der Waals surface area contributed by atoms with E-state index in [1.54, 1.807) is 0 Å². The first-order valence-corrected chi connectivity index (χ1v) is 6.76. The fourth-order valence-electron chi connectivity index (χ4n) is 1.97. The van der Waals surface area contributed by atoms with Gasteiger partial charge in [-0.2, -0.15) is 0 Å². The van der Waals surface area contributed by atoms with Gasteiger partial charge in [-0.25, -0.2) is 4.98 Å². The number of likely N-dealkylation sites (N-methyl/N-ethyl adjacent to an activating group) is 1. The van der Waals surface area contributed by atoms with Gasteiger partial charge in [0.25, 0.3) is 0 Å². The molecular formula is C15H23N3O. The summed E-state index contributed by atoms with van der Waals surface area (Å²) in [7, 11) is 1.99. The molecule has 0 unspecified atom stereocenters. The van der Waals surface area contributed by atoms with E-state index in [-0.39, 0.29) is 5.54 Å². The van der Waals surface area contributed by atoms with Gasteiger partial charge in [-0.1, -0.05) is 6.07 Å². The van der Waals surface area contributed by atoms with Crippen LogP contribution < -0.4 is 10.6 Å². The van der Waals surface area contributed by atoms with Crippen molar-refractivity contribution >= 4 is 11.1 Å². The lowest BCUT2D eigenvalue weighted by Crippen LogP contribution is -2.46. The van der Waals surface area contributed by atoms with Gasteiger partial charge in [0.15, 0.2) is 11.5 Å². The third-order valence-electron chi connectivity index (χ3n) is 3.39. The molecule has 2 rings (SSSR count). The fourth-order valence-corrected chi connectivity index (χ4v) is 1.97. The van der Waals surface area contributed by atoms with E-state index in [9.17, 15) is 0 Å². The zero-order valence-electron chi connectivity index (χ0n) is 12.2.